The molecular weight excluding hydrogens is 425 g/mol. The average Bonchev–Trinajstić information content (AvgIpc) is 2.65. The van der Waals surface area contributed by atoms with E-state index in [4.69, 9.17) is 47.0 Å². The number of nitrogens with one attached hydrogen (secondary N) is 3. The molecule has 3 N–H and O–H groups in total. The molecule has 1 aromatic heterocycles. The van der Waals surface area contributed by atoms with Crippen LogP contribution >= 0.6 is 47.0 Å². The van der Waals surface area contributed by atoms with Gasteiger partial charge in [0.25, 0.3) is 5.56 Å². The highest BCUT2D eigenvalue weighted by atomic mass is 35.5. The minimum absolute atomic E-state index is 0.225. The summed E-state index contributed by atoms with van der Waals surface area (Å²) in [6.07, 6.45) is 1.91. The minimum Gasteiger partial charge on any atom is -0.341 e. The number of hydrogen-bond acceptors (Lipinski definition) is 3. The summed E-state index contributed by atoms with van der Waals surface area (Å²) in [6.45, 7) is 0. The number of H-pyrrole nitrogens is 2. The van der Waals surface area contributed by atoms with E-state index in [9.17, 15) is 4.79 Å². The summed E-state index contributed by atoms with van der Waals surface area (Å²) >= 11 is 24.2. The number of aromatic nitrogens is 2. The van der Waals surface area contributed by atoms with Crippen molar-refractivity contribution in [3.8, 4) is 0 Å². The topological polar surface area (TPSA) is 60.7 Å². The lowest BCUT2D eigenvalue weighted by Gasteiger charge is -2.26. The molecule has 0 amide bonds. The van der Waals surface area contributed by atoms with Crippen LogP contribution in [-0.4, -0.2) is 9.97 Å². The lowest BCUT2D eigenvalue weighted by Crippen LogP contribution is -2.25. The molecule has 2 heterocycles. The monoisotopic (exact) mass is 435 g/mol. The van der Waals surface area contributed by atoms with E-state index in [0.717, 1.165) is 11.3 Å². The van der Waals surface area contributed by atoms with E-state index in [2.05, 4.69) is 15.3 Å². The van der Waals surface area contributed by atoms with Crippen LogP contribution in [0.25, 0.3) is 5.70 Å². The smallest absolute Gasteiger partial charge is 0.257 e. The lowest BCUT2D eigenvalue weighted by molar-refractivity contribution is 0.931. The Morgan fingerprint density at radius 3 is 2.33 bits per heavy atom. The zero-order valence-electron chi connectivity index (χ0n) is 13.6. The summed E-state index contributed by atoms with van der Waals surface area (Å²) in [5.41, 5.74) is 2.44. The Hall–Kier alpha value is -2.05. The molecule has 2 aromatic carbocycles. The van der Waals surface area contributed by atoms with Gasteiger partial charge in [0.05, 0.1) is 15.6 Å². The van der Waals surface area contributed by atoms with Crippen LogP contribution in [0.3, 0.4) is 0 Å². The van der Waals surface area contributed by atoms with Crippen LogP contribution in [0, 0.1) is 4.77 Å². The largest absolute Gasteiger partial charge is 0.341 e. The number of fused-ring (bicyclic) bond motifs is 1. The summed E-state index contributed by atoms with van der Waals surface area (Å²) in [5, 5.41) is 4.35. The van der Waals surface area contributed by atoms with Crippen LogP contribution < -0.4 is 10.9 Å². The quantitative estimate of drug-likeness (QED) is 0.341. The van der Waals surface area contributed by atoms with E-state index < -0.39 is 5.92 Å². The first-order valence-corrected chi connectivity index (χ1v) is 9.54. The van der Waals surface area contributed by atoms with E-state index in [1.807, 2.05) is 36.4 Å². The molecule has 1 aliphatic heterocycles. The van der Waals surface area contributed by atoms with Crippen molar-refractivity contribution in [3.05, 3.63) is 95.4 Å². The summed E-state index contributed by atoms with van der Waals surface area (Å²) in [7, 11) is 0. The third-order valence-electron chi connectivity index (χ3n) is 4.36. The highest BCUT2D eigenvalue weighted by Crippen LogP contribution is 2.43. The van der Waals surface area contributed by atoms with Crippen molar-refractivity contribution in [3.63, 3.8) is 0 Å². The molecule has 1 atom stereocenters. The second-order valence-electron chi connectivity index (χ2n) is 6.00. The number of aromatic amines is 2. The van der Waals surface area contributed by atoms with Crippen LogP contribution in [0.2, 0.25) is 15.1 Å². The van der Waals surface area contributed by atoms with E-state index in [-0.39, 0.29) is 10.3 Å². The van der Waals surface area contributed by atoms with Crippen molar-refractivity contribution in [1.82, 2.24) is 9.97 Å². The maximum absolute atomic E-state index is 12.7. The van der Waals surface area contributed by atoms with E-state index in [0.29, 0.717) is 32.0 Å². The fourth-order valence-electron chi connectivity index (χ4n) is 3.16. The highest BCUT2D eigenvalue weighted by molar-refractivity contribution is 7.71. The van der Waals surface area contributed by atoms with Gasteiger partial charge in [0, 0.05) is 22.2 Å². The molecule has 136 valence electrons. The molecule has 8 heteroatoms. The van der Waals surface area contributed by atoms with E-state index in [1.165, 1.54) is 0 Å². The summed E-state index contributed by atoms with van der Waals surface area (Å²) in [4.78, 5) is 18.3. The van der Waals surface area contributed by atoms with Gasteiger partial charge >= 0.3 is 0 Å². The molecule has 4 rings (SSSR count). The van der Waals surface area contributed by atoms with Gasteiger partial charge in [-0.25, -0.2) is 0 Å². The summed E-state index contributed by atoms with van der Waals surface area (Å²) < 4.78 is 0.225. The second kappa shape index (κ2) is 7.17. The summed E-state index contributed by atoms with van der Waals surface area (Å²) in [6, 6.07) is 13.0. The Bertz CT molecular complexity index is 1190. The van der Waals surface area contributed by atoms with Crippen LogP contribution in [0.1, 0.15) is 22.6 Å². The first-order chi connectivity index (χ1) is 13.0. The molecule has 1 unspecified atom stereocenters. The third-order valence-corrected chi connectivity index (χ3v) is 5.71. The molecule has 1 aliphatic rings. The van der Waals surface area contributed by atoms with E-state index in [1.54, 1.807) is 12.1 Å². The van der Waals surface area contributed by atoms with Gasteiger partial charge in [0.2, 0.25) is 0 Å². The molecule has 0 radical (unpaired) electrons. The SMILES string of the molecule is O=c1[nH]c(=S)[nH]c2c1C(c1c(Cl)ccc(Cl)c1Cl)C=C(c1ccccc1)N2. The first kappa shape index (κ1) is 18.3. The van der Waals surface area contributed by atoms with Crippen LogP contribution in [-0.2, 0) is 0 Å². The van der Waals surface area contributed by atoms with Crippen molar-refractivity contribution in [1.29, 1.82) is 0 Å². The Kier molecular flexibility index (Phi) is 4.86. The Morgan fingerprint density at radius 2 is 1.59 bits per heavy atom. The predicted molar refractivity (Wildman–Crippen MR) is 114 cm³/mol. The Morgan fingerprint density at radius 1 is 0.889 bits per heavy atom. The number of hydrogen-bond donors (Lipinski definition) is 3. The van der Waals surface area contributed by atoms with Gasteiger partial charge in [0.1, 0.15) is 5.82 Å². The zero-order valence-corrected chi connectivity index (χ0v) is 16.7. The molecule has 4 nitrogen and oxygen atoms in total. The van der Waals surface area contributed by atoms with Gasteiger partial charge in [-0.1, -0.05) is 65.1 Å². The minimum atomic E-state index is -0.509. The first-order valence-electron chi connectivity index (χ1n) is 8.00. The molecule has 0 spiro atoms. The fraction of sp³-hybridized carbons (Fsp3) is 0.0526. The molecular formula is C19H12Cl3N3OS. The number of benzene rings is 2. The summed E-state index contributed by atoms with van der Waals surface area (Å²) in [5.74, 6) is -0.00651. The third kappa shape index (κ3) is 3.32. The van der Waals surface area contributed by atoms with Gasteiger partial charge in [-0.3, -0.25) is 9.78 Å². The van der Waals surface area contributed by atoms with Gasteiger partial charge in [-0.15, -0.1) is 0 Å². The fourth-order valence-corrected chi connectivity index (χ4v) is 4.12. The average molecular weight is 437 g/mol. The van der Waals surface area contributed by atoms with Crippen molar-refractivity contribution >= 4 is 58.5 Å². The zero-order chi connectivity index (χ0) is 19.1. The van der Waals surface area contributed by atoms with Crippen molar-refractivity contribution in [2.75, 3.05) is 5.32 Å². The van der Waals surface area contributed by atoms with Crippen molar-refractivity contribution < 1.29 is 0 Å². The maximum Gasteiger partial charge on any atom is 0.257 e. The van der Waals surface area contributed by atoms with Crippen molar-refractivity contribution in [2.24, 2.45) is 0 Å². The molecule has 0 aliphatic carbocycles. The highest BCUT2D eigenvalue weighted by Gasteiger charge is 2.29. The van der Waals surface area contributed by atoms with Crippen LogP contribution in [0.4, 0.5) is 5.82 Å². The van der Waals surface area contributed by atoms with Gasteiger partial charge in [-0.2, -0.15) is 0 Å². The van der Waals surface area contributed by atoms with Gasteiger partial charge < -0.3 is 10.3 Å². The molecule has 0 bridgehead atoms. The number of allylic oxidation sites excluding steroid dienone is 1. The number of halogens is 3. The molecule has 3 aromatic rings. The Labute approximate surface area is 174 Å². The van der Waals surface area contributed by atoms with Gasteiger partial charge in [-0.05, 0) is 36.0 Å². The number of rotatable bonds is 2. The molecule has 0 fully saturated rings. The second-order valence-corrected chi connectivity index (χ2v) is 7.60. The normalized spacial score (nSPS) is 15.7. The maximum atomic E-state index is 12.7. The molecule has 27 heavy (non-hydrogen) atoms. The van der Waals surface area contributed by atoms with E-state index >= 15 is 0 Å². The number of anilines is 1. The standard InChI is InChI=1S/C19H12Cl3N3OS/c20-11-6-7-12(21)16(22)14(11)10-8-13(9-4-2-1-3-5-9)23-17-15(10)18(26)25-19(27)24-17/h1-8,10H,(H3,23,24,25,26,27). The van der Waals surface area contributed by atoms with Crippen LogP contribution in [0.5, 0.6) is 0 Å². The lowest BCUT2D eigenvalue weighted by atomic mass is 9.88. The van der Waals surface area contributed by atoms with Gasteiger partial charge in [0.15, 0.2) is 4.77 Å². The Balaban J connectivity index is 2.02. The van der Waals surface area contributed by atoms with Crippen molar-refractivity contribution in [2.45, 2.75) is 5.92 Å². The molecule has 0 saturated heterocycles. The predicted octanol–water partition coefficient (Wildman–Crippen LogP) is 5.99. The molecule has 0 saturated carbocycles. The van der Waals surface area contributed by atoms with Crippen LogP contribution in [0.15, 0.2) is 53.3 Å².